The Morgan fingerprint density at radius 2 is 1.72 bits per heavy atom. The minimum atomic E-state index is -1.34. The highest BCUT2D eigenvalue weighted by atomic mass is 32.2. The molecule has 0 amide bonds. The predicted octanol–water partition coefficient (Wildman–Crippen LogP) is 7.70. The molecule has 53 heavy (non-hydrogen) atoms. The summed E-state index contributed by atoms with van der Waals surface area (Å²) >= 11 is 1.72. The zero-order valence-corrected chi connectivity index (χ0v) is 31.7. The van der Waals surface area contributed by atoms with E-state index in [1.807, 2.05) is 49.4 Å². The highest BCUT2D eigenvalue weighted by Gasteiger charge is 2.35. The van der Waals surface area contributed by atoms with Crippen molar-refractivity contribution in [2.75, 3.05) is 19.8 Å². The quantitative estimate of drug-likeness (QED) is 0.0433. The van der Waals surface area contributed by atoms with Crippen LogP contribution in [0.1, 0.15) is 58.5 Å². The van der Waals surface area contributed by atoms with Crippen molar-refractivity contribution in [3.05, 3.63) is 112 Å². The standard InChI is InChI=1S/C40H46N4O8S/c1-7-49-36-18-15-29(22-42-36)28-13-11-27(12-14-28)23-43-34-17-16-32(50-24-30-10-8-9-19-41-30)20-33(34)37(53-39(2,3)4)35(43)21-40(5,6)38(46)51-25-31(45)26-52-44(47)48/h8-20,22,31,45H,7,21,23-26H2,1-6H3. The molecule has 0 saturated heterocycles. The van der Waals surface area contributed by atoms with Crippen LogP contribution in [0.4, 0.5) is 0 Å². The van der Waals surface area contributed by atoms with Crippen LogP contribution in [0.15, 0.2) is 90.1 Å². The van der Waals surface area contributed by atoms with Gasteiger partial charge in [-0.2, -0.15) is 0 Å². The highest BCUT2D eigenvalue weighted by molar-refractivity contribution is 8.00. The van der Waals surface area contributed by atoms with Crippen molar-refractivity contribution in [1.82, 2.24) is 14.5 Å². The summed E-state index contributed by atoms with van der Waals surface area (Å²) in [5, 5.41) is 20.7. The number of benzene rings is 2. The number of hydrogen-bond donors (Lipinski definition) is 1. The Kier molecular flexibility index (Phi) is 12.6. The lowest BCUT2D eigenvalue weighted by atomic mass is 9.87. The molecule has 2 aromatic carbocycles. The number of ether oxygens (including phenoxy) is 3. The van der Waals surface area contributed by atoms with Crippen molar-refractivity contribution in [3.63, 3.8) is 0 Å². The first-order chi connectivity index (χ1) is 25.2. The third kappa shape index (κ3) is 10.7. The zero-order chi connectivity index (χ0) is 38.2. The molecular weight excluding hydrogens is 697 g/mol. The van der Waals surface area contributed by atoms with E-state index in [1.54, 1.807) is 38.0 Å². The lowest BCUT2D eigenvalue weighted by Crippen LogP contribution is -2.33. The fourth-order valence-electron chi connectivity index (χ4n) is 5.69. The van der Waals surface area contributed by atoms with Crippen LogP contribution in [0.5, 0.6) is 11.6 Å². The van der Waals surface area contributed by atoms with Crippen LogP contribution >= 0.6 is 11.8 Å². The fourth-order valence-corrected chi connectivity index (χ4v) is 6.87. The Labute approximate surface area is 313 Å². The van der Waals surface area contributed by atoms with E-state index in [2.05, 4.69) is 70.5 Å². The van der Waals surface area contributed by atoms with Gasteiger partial charge in [0.1, 0.15) is 31.7 Å². The van der Waals surface area contributed by atoms with Gasteiger partial charge in [-0.3, -0.25) is 9.78 Å². The van der Waals surface area contributed by atoms with Gasteiger partial charge >= 0.3 is 5.97 Å². The van der Waals surface area contributed by atoms with Crippen LogP contribution in [0.2, 0.25) is 0 Å². The number of aromatic nitrogens is 3. The summed E-state index contributed by atoms with van der Waals surface area (Å²) in [7, 11) is 0. The number of pyridine rings is 2. The van der Waals surface area contributed by atoms with Crippen LogP contribution < -0.4 is 9.47 Å². The number of fused-ring (bicyclic) bond motifs is 1. The second kappa shape index (κ2) is 17.1. The van der Waals surface area contributed by atoms with Gasteiger partial charge < -0.3 is 28.7 Å². The Balaban J connectivity index is 1.51. The fraction of sp³-hybridized carbons (Fsp3) is 0.375. The Hall–Kier alpha value is -5.14. The first-order valence-corrected chi connectivity index (χ1v) is 18.2. The van der Waals surface area contributed by atoms with Crippen LogP contribution in [0.25, 0.3) is 22.0 Å². The molecule has 0 spiro atoms. The summed E-state index contributed by atoms with van der Waals surface area (Å²) in [5.74, 6) is 0.732. The number of thioether (sulfide) groups is 1. The molecule has 3 aromatic heterocycles. The molecule has 1 atom stereocenters. The van der Waals surface area contributed by atoms with Gasteiger partial charge in [-0.05, 0) is 68.3 Å². The lowest BCUT2D eigenvalue weighted by Gasteiger charge is -2.26. The minimum absolute atomic E-state index is 0.183. The number of aliphatic hydroxyl groups is 1. The SMILES string of the molecule is CCOc1ccc(-c2ccc(Cn3c(CC(C)(C)C(=O)OCC(O)CO[N+](=O)[O-])c(SC(C)(C)C)c4cc(OCc5ccccn5)ccc43)cc2)cn1. The average molecular weight is 743 g/mol. The van der Waals surface area contributed by atoms with Crippen molar-refractivity contribution in [3.8, 4) is 22.8 Å². The molecule has 3 heterocycles. The minimum Gasteiger partial charge on any atom is -0.487 e. The van der Waals surface area contributed by atoms with Gasteiger partial charge in [0, 0.05) is 63.2 Å². The number of carbonyl (C=O) groups excluding carboxylic acids is 1. The van der Waals surface area contributed by atoms with Gasteiger partial charge in [-0.15, -0.1) is 21.9 Å². The summed E-state index contributed by atoms with van der Waals surface area (Å²) in [6, 6.07) is 23.9. The molecule has 13 heteroatoms. The van der Waals surface area contributed by atoms with Gasteiger partial charge in [-0.1, -0.05) is 51.1 Å². The summed E-state index contributed by atoms with van der Waals surface area (Å²) in [5.41, 5.74) is 4.76. The van der Waals surface area contributed by atoms with Crippen LogP contribution in [0, 0.1) is 15.5 Å². The van der Waals surface area contributed by atoms with E-state index in [1.165, 1.54) is 0 Å². The van der Waals surface area contributed by atoms with Crippen molar-refractivity contribution in [2.24, 2.45) is 5.41 Å². The highest BCUT2D eigenvalue weighted by Crippen LogP contribution is 2.44. The summed E-state index contributed by atoms with van der Waals surface area (Å²) < 4.78 is 19.2. The van der Waals surface area contributed by atoms with E-state index in [0.717, 1.165) is 43.9 Å². The first-order valence-electron chi connectivity index (χ1n) is 17.4. The topological polar surface area (TPSA) is 148 Å². The molecule has 0 radical (unpaired) electrons. The molecule has 280 valence electrons. The smallest absolute Gasteiger partial charge is 0.311 e. The molecule has 0 bridgehead atoms. The van der Waals surface area contributed by atoms with Crippen LogP contribution in [0.3, 0.4) is 0 Å². The number of nitrogens with zero attached hydrogens (tertiary/aromatic N) is 4. The summed E-state index contributed by atoms with van der Waals surface area (Å²) in [4.78, 5) is 38.1. The molecule has 1 unspecified atom stereocenters. The molecule has 5 rings (SSSR count). The number of aliphatic hydroxyl groups excluding tert-OH is 1. The van der Waals surface area contributed by atoms with E-state index in [9.17, 15) is 20.0 Å². The molecule has 0 aliphatic heterocycles. The maximum atomic E-state index is 13.5. The van der Waals surface area contributed by atoms with Crippen molar-refractivity contribution < 1.29 is 34.0 Å². The Morgan fingerprint density at radius 1 is 0.962 bits per heavy atom. The average Bonchev–Trinajstić information content (AvgIpc) is 3.38. The maximum absolute atomic E-state index is 13.5. The van der Waals surface area contributed by atoms with E-state index < -0.39 is 35.8 Å². The first kappa shape index (κ1) is 39.1. The van der Waals surface area contributed by atoms with Crippen LogP contribution in [-0.2, 0) is 33.9 Å². The molecule has 12 nitrogen and oxygen atoms in total. The van der Waals surface area contributed by atoms with Gasteiger partial charge in [0.25, 0.3) is 5.09 Å². The van der Waals surface area contributed by atoms with Gasteiger partial charge in [-0.25, -0.2) is 4.98 Å². The van der Waals surface area contributed by atoms with Crippen molar-refractivity contribution in [1.29, 1.82) is 0 Å². The Bertz CT molecular complexity index is 1990. The van der Waals surface area contributed by atoms with E-state index in [0.29, 0.717) is 37.8 Å². The third-order valence-corrected chi connectivity index (χ3v) is 9.48. The second-order valence-corrected chi connectivity index (χ2v) is 16.0. The zero-order valence-electron chi connectivity index (χ0n) is 30.9. The van der Waals surface area contributed by atoms with Gasteiger partial charge in [0.15, 0.2) is 0 Å². The van der Waals surface area contributed by atoms with E-state index >= 15 is 0 Å². The molecular formula is C40H46N4O8S. The second-order valence-electron chi connectivity index (χ2n) is 14.2. The Morgan fingerprint density at radius 3 is 2.36 bits per heavy atom. The van der Waals surface area contributed by atoms with Crippen molar-refractivity contribution in [2.45, 2.75) is 76.9 Å². The molecule has 5 aromatic rings. The number of carbonyl (C=O) groups is 1. The molecule has 1 N–H and O–H groups in total. The molecule has 0 fully saturated rings. The van der Waals surface area contributed by atoms with Gasteiger partial charge in [0.05, 0.1) is 17.7 Å². The monoisotopic (exact) mass is 742 g/mol. The largest absolute Gasteiger partial charge is 0.487 e. The number of hydrogen-bond acceptors (Lipinski definition) is 11. The molecule has 0 aliphatic rings. The van der Waals surface area contributed by atoms with Gasteiger partial charge in [0.2, 0.25) is 5.88 Å². The van der Waals surface area contributed by atoms with E-state index in [4.69, 9.17) is 14.2 Å². The number of esters is 1. The van der Waals surface area contributed by atoms with Crippen molar-refractivity contribution >= 4 is 28.6 Å². The summed E-state index contributed by atoms with van der Waals surface area (Å²) in [6.45, 7) is 12.3. The molecule has 0 aliphatic carbocycles. The predicted molar refractivity (Wildman–Crippen MR) is 203 cm³/mol. The van der Waals surface area contributed by atoms with Crippen LogP contribution in [-0.4, -0.2) is 61.4 Å². The number of rotatable bonds is 17. The molecule has 0 saturated carbocycles. The lowest BCUT2D eigenvalue weighted by molar-refractivity contribution is -0.759. The normalized spacial score (nSPS) is 12.4. The summed E-state index contributed by atoms with van der Waals surface area (Å²) in [6.07, 6.45) is 2.50. The maximum Gasteiger partial charge on any atom is 0.311 e. The third-order valence-electron chi connectivity index (χ3n) is 8.21. The van der Waals surface area contributed by atoms with E-state index in [-0.39, 0.29) is 4.75 Å².